The Kier molecular flexibility index (Phi) is 5.50. The lowest BCUT2D eigenvalue weighted by Gasteiger charge is -2.19. The van der Waals surface area contributed by atoms with Gasteiger partial charge in [-0.2, -0.15) is 5.10 Å². The van der Waals surface area contributed by atoms with Crippen LogP contribution in [0.2, 0.25) is 0 Å². The van der Waals surface area contributed by atoms with Crippen molar-refractivity contribution in [3.63, 3.8) is 0 Å². The largest absolute Gasteiger partial charge is 0.463 e. The molecular formula is C18H14F2N4O3. The van der Waals surface area contributed by atoms with E-state index >= 15 is 0 Å². The number of ether oxygens (including phenoxy) is 1. The van der Waals surface area contributed by atoms with Crippen LogP contribution in [-0.4, -0.2) is 27.9 Å². The number of H-pyrrole nitrogens is 1. The third-order valence-electron chi connectivity index (χ3n) is 3.68. The van der Waals surface area contributed by atoms with Gasteiger partial charge in [-0.3, -0.25) is 14.6 Å². The van der Waals surface area contributed by atoms with E-state index < -0.39 is 30.2 Å². The summed E-state index contributed by atoms with van der Waals surface area (Å²) >= 11 is 0. The van der Waals surface area contributed by atoms with Crippen molar-refractivity contribution in [1.29, 1.82) is 0 Å². The van der Waals surface area contributed by atoms with Gasteiger partial charge >= 0.3 is 0 Å². The summed E-state index contributed by atoms with van der Waals surface area (Å²) in [5.74, 6) is -0.957. The molecule has 2 heterocycles. The van der Waals surface area contributed by atoms with Crippen LogP contribution in [0.4, 0.5) is 8.78 Å². The van der Waals surface area contributed by atoms with Gasteiger partial charge < -0.3 is 10.1 Å². The molecule has 0 aliphatic heterocycles. The Labute approximate surface area is 152 Å². The Hall–Kier alpha value is -3.62. The first-order valence-corrected chi connectivity index (χ1v) is 7.84. The number of rotatable bonds is 6. The summed E-state index contributed by atoms with van der Waals surface area (Å²) in [4.78, 5) is 27.6. The van der Waals surface area contributed by atoms with Crippen molar-refractivity contribution in [3.05, 3.63) is 87.9 Å². The predicted octanol–water partition coefficient (Wildman–Crippen LogP) is 2.13. The molecule has 0 spiro atoms. The topological polar surface area (TPSA) is 97.0 Å². The summed E-state index contributed by atoms with van der Waals surface area (Å²) in [6.45, 7) is -0.980. The molecule has 138 valence electrons. The monoisotopic (exact) mass is 372 g/mol. The molecule has 0 saturated carbocycles. The number of aromatic amines is 1. The number of pyridine rings is 1. The number of benzene rings is 1. The zero-order chi connectivity index (χ0) is 19.2. The minimum Gasteiger partial charge on any atom is -0.463 e. The summed E-state index contributed by atoms with van der Waals surface area (Å²) < 4.78 is 31.3. The van der Waals surface area contributed by atoms with Gasteiger partial charge in [-0.1, -0.05) is 12.1 Å². The molecule has 3 aromatic rings. The molecule has 0 unspecified atom stereocenters. The number of hydrogen-bond donors (Lipinski definition) is 2. The average Bonchev–Trinajstić information content (AvgIpc) is 2.68. The molecule has 3 rings (SSSR count). The Morgan fingerprint density at radius 2 is 1.96 bits per heavy atom. The van der Waals surface area contributed by atoms with Crippen molar-refractivity contribution >= 4 is 5.91 Å². The second kappa shape index (κ2) is 8.17. The van der Waals surface area contributed by atoms with Crippen LogP contribution >= 0.6 is 0 Å². The van der Waals surface area contributed by atoms with Crippen LogP contribution in [0.25, 0.3) is 0 Å². The Bertz CT molecular complexity index is 972. The third kappa shape index (κ3) is 4.32. The number of hydrogen-bond acceptors (Lipinski definition) is 5. The molecule has 7 nitrogen and oxygen atoms in total. The molecule has 2 aromatic heterocycles. The van der Waals surface area contributed by atoms with E-state index in [2.05, 4.69) is 20.5 Å². The van der Waals surface area contributed by atoms with E-state index in [-0.39, 0.29) is 17.1 Å². The van der Waals surface area contributed by atoms with E-state index in [4.69, 9.17) is 4.74 Å². The highest BCUT2D eigenvalue weighted by atomic mass is 19.1. The number of amides is 1. The first-order chi connectivity index (χ1) is 13.1. The highest BCUT2D eigenvalue weighted by molar-refractivity contribution is 5.92. The van der Waals surface area contributed by atoms with E-state index in [9.17, 15) is 18.4 Å². The molecule has 27 heavy (non-hydrogen) atoms. The number of nitrogens with one attached hydrogen (secondary N) is 2. The molecule has 2 N–H and O–H groups in total. The molecule has 1 aromatic carbocycles. The smallest absolute Gasteiger partial charge is 0.272 e. The molecule has 0 radical (unpaired) electrons. The maximum atomic E-state index is 14.3. The van der Waals surface area contributed by atoms with Crippen LogP contribution in [0.15, 0.2) is 59.5 Å². The lowest BCUT2D eigenvalue weighted by Crippen LogP contribution is -2.31. The fraction of sp³-hybridized carbons (Fsp3) is 0.111. The van der Waals surface area contributed by atoms with E-state index in [1.165, 1.54) is 36.5 Å². The highest BCUT2D eigenvalue weighted by Crippen LogP contribution is 2.25. The van der Waals surface area contributed by atoms with Crippen molar-refractivity contribution in [3.8, 4) is 5.75 Å². The molecular weight excluding hydrogens is 358 g/mol. The zero-order valence-corrected chi connectivity index (χ0v) is 13.9. The van der Waals surface area contributed by atoms with Crippen molar-refractivity contribution in [2.75, 3.05) is 6.86 Å². The maximum absolute atomic E-state index is 14.3. The minimum atomic E-state index is -0.980. The first-order valence-electron chi connectivity index (χ1n) is 7.84. The van der Waals surface area contributed by atoms with Crippen LogP contribution in [0, 0.1) is 5.82 Å². The molecule has 0 bridgehead atoms. The van der Waals surface area contributed by atoms with Gasteiger partial charge in [-0.25, -0.2) is 13.9 Å². The lowest BCUT2D eigenvalue weighted by atomic mass is 10.0. The Morgan fingerprint density at radius 3 is 2.59 bits per heavy atom. The van der Waals surface area contributed by atoms with Crippen LogP contribution in [0.5, 0.6) is 5.75 Å². The fourth-order valence-corrected chi connectivity index (χ4v) is 2.42. The number of carbonyl (C=O) groups is 1. The second-order valence-electron chi connectivity index (χ2n) is 5.41. The second-order valence-corrected chi connectivity index (χ2v) is 5.41. The van der Waals surface area contributed by atoms with E-state index in [1.54, 1.807) is 12.1 Å². The van der Waals surface area contributed by atoms with Gasteiger partial charge in [0.15, 0.2) is 0 Å². The highest BCUT2D eigenvalue weighted by Gasteiger charge is 2.23. The van der Waals surface area contributed by atoms with Crippen molar-refractivity contribution in [2.45, 2.75) is 6.04 Å². The van der Waals surface area contributed by atoms with Gasteiger partial charge in [0.1, 0.15) is 23.0 Å². The molecule has 0 saturated heterocycles. The van der Waals surface area contributed by atoms with Gasteiger partial charge in [0.2, 0.25) is 6.86 Å². The zero-order valence-electron chi connectivity index (χ0n) is 13.9. The van der Waals surface area contributed by atoms with Gasteiger partial charge in [-0.15, -0.1) is 0 Å². The summed E-state index contributed by atoms with van der Waals surface area (Å²) in [7, 11) is 0. The van der Waals surface area contributed by atoms with Gasteiger partial charge in [-0.05, 0) is 35.9 Å². The van der Waals surface area contributed by atoms with Gasteiger partial charge in [0, 0.05) is 12.3 Å². The molecule has 9 heteroatoms. The summed E-state index contributed by atoms with van der Waals surface area (Å²) in [6.07, 6.45) is 1.40. The van der Waals surface area contributed by atoms with Crippen molar-refractivity contribution in [2.24, 2.45) is 0 Å². The van der Waals surface area contributed by atoms with Crippen molar-refractivity contribution in [1.82, 2.24) is 20.5 Å². The number of carbonyl (C=O) groups excluding carboxylic acids is 1. The van der Waals surface area contributed by atoms with Gasteiger partial charge in [0.25, 0.3) is 11.5 Å². The maximum Gasteiger partial charge on any atom is 0.272 e. The van der Waals surface area contributed by atoms with E-state index in [1.807, 2.05) is 0 Å². The molecule has 0 aliphatic rings. The van der Waals surface area contributed by atoms with Crippen LogP contribution in [0.3, 0.4) is 0 Å². The molecule has 1 atom stereocenters. The average molecular weight is 372 g/mol. The molecule has 1 amide bonds. The van der Waals surface area contributed by atoms with E-state index in [0.717, 1.165) is 6.07 Å². The number of alkyl halides is 1. The number of halogens is 2. The number of aromatic nitrogens is 3. The molecule has 0 fully saturated rings. The third-order valence-corrected chi connectivity index (χ3v) is 3.68. The fourth-order valence-electron chi connectivity index (χ4n) is 2.42. The van der Waals surface area contributed by atoms with Crippen LogP contribution in [-0.2, 0) is 0 Å². The lowest BCUT2D eigenvalue weighted by molar-refractivity contribution is 0.0935. The summed E-state index contributed by atoms with van der Waals surface area (Å²) in [6, 6.07) is 10.2. The normalized spacial score (nSPS) is 11.6. The first kappa shape index (κ1) is 18.2. The SMILES string of the molecule is O=C(N[C@@H](c1ccc(OCF)cc1)c1ncccc1F)c1ccc(=O)[nH]n1. The van der Waals surface area contributed by atoms with Crippen molar-refractivity contribution < 1.29 is 18.3 Å². The predicted molar refractivity (Wildman–Crippen MR) is 91.4 cm³/mol. The quantitative estimate of drug-likeness (QED) is 0.691. The Morgan fingerprint density at radius 1 is 1.19 bits per heavy atom. The molecule has 0 aliphatic carbocycles. The van der Waals surface area contributed by atoms with Crippen LogP contribution in [0.1, 0.15) is 27.8 Å². The minimum absolute atomic E-state index is 0.00515. The van der Waals surface area contributed by atoms with Crippen LogP contribution < -0.4 is 15.6 Å². The summed E-state index contributed by atoms with van der Waals surface area (Å²) in [5, 5.41) is 8.45. The summed E-state index contributed by atoms with van der Waals surface area (Å²) in [5.41, 5.74) is -0.0124. The van der Waals surface area contributed by atoms with Gasteiger partial charge in [0.05, 0.1) is 6.04 Å². The van der Waals surface area contributed by atoms with E-state index in [0.29, 0.717) is 5.56 Å². The Balaban J connectivity index is 1.95. The number of nitrogens with zero attached hydrogens (tertiary/aromatic N) is 2. The standard InChI is InChI=1S/C18H14F2N4O3/c19-10-27-12-5-3-11(4-6-12)16(17-13(20)2-1-9-21-17)22-18(26)14-7-8-15(25)24-23-14/h1-9,16H,10H2,(H,22,26)(H,24,25)/t16-/m0/s1.